The molecule has 0 spiro atoms. The number of nitrogens with two attached hydrogens (primary N) is 1. The summed E-state index contributed by atoms with van der Waals surface area (Å²) in [6, 6.07) is 2.30. The lowest BCUT2D eigenvalue weighted by Crippen LogP contribution is -2.42. The summed E-state index contributed by atoms with van der Waals surface area (Å²) in [4.78, 5) is 23.6. The SMILES string of the molecule is CN(c1ccnnc1C(N)=Nc1cnc(=O)[nH]c1)C1CCNCC1. The Bertz CT molecular complexity index is 761. The van der Waals surface area contributed by atoms with Crippen LogP contribution in [-0.2, 0) is 0 Å². The van der Waals surface area contributed by atoms with Crippen LogP contribution in [0.4, 0.5) is 11.4 Å². The maximum atomic E-state index is 11.0. The highest BCUT2D eigenvalue weighted by Crippen LogP contribution is 2.22. The summed E-state index contributed by atoms with van der Waals surface area (Å²) in [6.07, 6.45) is 6.57. The molecule has 2 aromatic rings. The summed E-state index contributed by atoms with van der Waals surface area (Å²) in [5.74, 6) is 0.229. The lowest BCUT2D eigenvalue weighted by atomic mass is 10.0. The highest BCUT2D eigenvalue weighted by atomic mass is 16.1. The van der Waals surface area contributed by atoms with E-state index in [0.29, 0.717) is 17.4 Å². The van der Waals surface area contributed by atoms with Gasteiger partial charge in [0.1, 0.15) is 5.69 Å². The van der Waals surface area contributed by atoms with Crippen LogP contribution in [-0.4, -0.2) is 52.2 Å². The van der Waals surface area contributed by atoms with Gasteiger partial charge in [-0.3, -0.25) is 0 Å². The Morgan fingerprint density at radius 3 is 2.92 bits per heavy atom. The fourth-order valence-electron chi connectivity index (χ4n) is 2.77. The number of nitrogens with zero attached hydrogens (tertiary/aromatic N) is 5. The van der Waals surface area contributed by atoms with Crippen molar-refractivity contribution in [2.24, 2.45) is 10.7 Å². The van der Waals surface area contributed by atoms with Crippen molar-refractivity contribution in [2.75, 3.05) is 25.0 Å². The van der Waals surface area contributed by atoms with E-state index in [9.17, 15) is 4.79 Å². The van der Waals surface area contributed by atoms with Gasteiger partial charge in [0, 0.05) is 19.3 Å². The maximum Gasteiger partial charge on any atom is 0.345 e. The van der Waals surface area contributed by atoms with E-state index in [2.05, 4.69) is 35.4 Å². The molecule has 1 fully saturated rings. The van der Waals surface area contributed by atoms with Gasteiger partial charge in [-0.05, 0) is 32.0 Å². The molecule has 2 aromatic heterocycles. The third-order valence-corrected chi connectivity index (χ3v) is 4.09. The lowest BCUT2D eigenvalue weighted by molar-refractivity contribution is 0.443. The van der Waals surface area contributed by atoms with Gasteiger partial charge in [0.2, 0.25) is 0 Å². The van der Waals surface area contributed by atoms with Crippen LogP contribution in [0.15, 0.2) is 34.4 Å². The minimum absolute atomic E-state index is 0.229. The van der Waals surface area contributed by atoms with Crippen molar-refractivity contribution in [3.63, 3.8) is 0 Å². The standard InChI is InChI=1S/C15H20N8O/c1-23(11-2-5-17-6-3-11)12-4-7-20-22-13(12)14(16)21-10-8-18-15(24)19-9-10/h4,7-9,11,17H,2-3,5-6H2,1H3,(H2,16,21)(H,18,19,24). The molecule has 1 aliphatic rings. The fourth-order valence-corrected chi connectivity index (χ4v) is 2.77. The molecule has 0 amide bonds. The number of aliphatic imine (C=N–C) groups is 1. The van der Waals surface area contributed by atoms with E-state index in [1.807, 2.05) is 13.1 Å². The first-order chi connectivity index (χ1) is 11.6. The van der Waals surface area contributed by atoms with E-state index in [1.54, 1.807) is 6.20 Å². The summed E-state index contributed by atoms with van der Waals surface area (Å²) >= 11 is 0. The first-order valence-electron chi connectivity index (χ1n) is 7.79. The van der Waals surface area contributed by atoms with Crippen molar-refractivity contribution in [1.29, 1.82) is 0 Å². The van der Waals surface area contributed by atoms with Crippen LogP contribution in [0.3, 0.4) is 0 Å². The minimum atomic E-state index is -0.432. The molecule has 9 nitrogen and oxygen atoms in total. The quantitative estimate of drug-likeness (QED) is 0.523. The van der Waals surface area contributed by atoms with Gasteiger partial charge in [0.25, 0.3) is 0 Å². The van der Waals surface area contributed by atoms with Gasteiger partial charge in [0.15, 0.2) is 11.5 Å². The topological polar surface area (TPSA) is 125 Å². The molecule has 0 aromatic carbocycles. The van der Waals surface area contributed by atoms with Gasteiger partial charge >= 0.3 is 5.69 Å². The summed E-state index contributed by atoms with van der Waals surface area (Å²) in [6.45, 7) is 1.99. The average Bonchev–Trinajstić information content (AvgIpc) is 2.63. The number of H-pyrrole nitrogens is 1. The number of piperidine rings is 1. The number of anilines is 1. The van der Waals surface area contributed by atoms with Gasteiger partial charge in [-0.2, -0.15) is 10.1 Å². The molecule has 24 heavy (non-hydrogen) atoms. The summed E-state index contributed by atoms with van der Waals surface area (Å²) in [5.41, 5.74) is 7.54. The number of hydrogen-bond donors (Lipinski definition) is 3. The Labute approximate surface area is 139 Å². The molecule has 3 rings (SSSR count). The fraction of sp³-hybridized carbons (Fsp3) is 0.400. The van der Waals surface area contributed by atoms with Crippen LogP contribution >= 0.6 is 0 Å². The summed E-state index contributed by atoms with van der Waals surface area (Å²) < 4.78 is 0. The largest absolute Gasteiger partial charge is 0.382 e. The molecule has 126 valence electrons. The Kier molecular flexibility index (Phi) is 4.80. The van der Waals surface area contributed by atoms with E-state index in [0.717, 1.165) is 31.6 Å². The van der Waals surface area contributed by atoms with Crippen molar-refractivity contribution < 1.29 is 0 Å². The van der Waals surface area contributed by atoms with Crippen LogP contribution < -0.4 is 21.6 Å². The third-order valence-electron chi connectivity index (χ3n) is 4.09. The van der Waals surface area contributed by atoms with Crippen molar-refractivity contribution in [3.8, 4) is 0 Å². The Hall–Kier alpha value is -2.81. The van der Waals surface area contributed by atoms with Gasteiger partial charge in [-0.15, -0.1) is 5.10 Å². The highest BCUT2D eigenvalue weighted by Gasteiger charge is 2.21. The summed E-state index contributed by atoms with van der Waals surface area (Å²) in [5, 5.41) is 11.4. The highest BCUT2D eigenvalue weighted by molar-refractivity contribution is 6.01. The number of aromatic amines is 1. The first kappa shape index (κ1) is 16.1. The van der Waals surface area contributed by atoms with Crippen LogP contribution in [0.25, 0.3) is 0 Å². The van der Waals surface area contributed by atoms with Crippen LogP contribution in [0.1, 0.15) is 18.5 Å². The average molecular weight is 328 g/mol. The predicted molar refractivity (Wildman–Crippen MR) is 91.6 cm³/mol. The first-order valence-corrected chi connectivity index (χ1v) is 7.79. The molecule has 0 atom stereocenters. The van der Waals surface area contributed by atoms with Crippen LogP contribution in [0.5, 0.6) is 0 Å². The molecule has 0 saturated carbocycles. The Morgan fingerprint density at radius 2 is 2.21 bits per heavy atom. The van der Waals surface area contributed by atoms with E-state index in [1.165, 1.54) is 12.4 Å². The van der Waals surface area contributed by atoms with Gasteiger partial charge < -0.3 is 20.9 Å². The van der Waals surface area contributed by atoms with Crippen molar-refractivity contribution in [1.82, 2.24) is 25.5 Å². The molecule has 1 saturated heterocycles. The van der Waals surface area contributed by atoms with E-state index in [-0.39, 0.29) is 5.84 Å². The van der Waals surface area contributed by atoms with E-state index < -0.39 is 5.69 Å². The van der Waals surface area contributed by atoms with Crippen LogP contribution in [0.2, 0.25) is 0 Å². The Balaban J connectivity index is 1.90. The molecule has 3 heterocycles. The number of hydrogen-bond acceptors (Lipinski definition) is 7. The summed E-state index contributed by atoms with van der Waals surface area (Å²) in [7, 11) is 2.03. The van der Waals surface area contributed by atoms with Gasteiger partial charge in [-0.1, -0.05) is 0 Å². The van der Waals surface area contributed by atoms with Crippen LogP contribution in [0, 0.1) is 0 Å². The molecular formula is C15H20N8O. The van der Waals surface area contributed by atoms with Crippen molar-refractivity contribution in [2.45, 2.75) is 18.9 Å². The molecule has 4 N–H and O–H groups in total. The number of amidine groups is 1. The normalized spacial score (nSPS) is 16.1. The molecule has 0 bridgehead atoms. The monoisotopic (exact) mass is 328 g/mol. The molecule has 0 unspecified atom stereocenters. The second-order valence-corrected chi connectivity index (χ2v) is 5.63. The third kappa shape index (κ3) is 3.57. The lowest BCUT2D eigenvalue weighted by Gasteiger charge is -2.33. The van der Waals surface area contributed by atoms with Crippen molar-refractivity contribution >= 4 is 17.2 Å². The smallest absolute Gasteiger partial charge is 0.345 e. The zero-order valence-corrected chi connectivity index (χ0v) is 13.4. The van der Waals surface area contributed by atoms with Crippen molar-refractivity contribution in [3.05, 3.63) is 40.8 Å². The molecule has 1 aliphatic heterocycles. The molecule has 0 aliphatic carbocycles. The van der Waals surface area contributed by atoms with E-state index in [4.69, 9.17) is 5.73 Å². The second-order valence-electron chi connectivity index (χ2n) is 5.63. The van der Waals surface area contributed by atoms with Gasteiger partial charge in [-0.25, -0.2) is 9.79 Å². The number of rotatable bonds is 4. The zero-order chi connectivity index (χ0) is 16.9. The molecule has 9 heteroatoms. The minimum Gasteiger partial charge on any atom is -0.382 e. The van der Waals surface area contributed by atoms with Gasteiger partial charge in [0.05, 0.1) is 18.1 Å². The number of nitrogens with one attached hydrogen (secondary N) is 2. The zero-order valence-electron chi connectivity index (χ0n) is 13.4. The predicted octanol–water partition coefficient (Wildman–Crippen LogP) is -0.215. The molecular weight excluding hydrogens is 308 g/mol. The van der Waals surface area contributed by atoms with E-state index >= 15 is 0 Å². The number of aromatic nitrogens is 4. The Morgan fingerprint density at radius 1 is 1.42 bits per heavy atom. The molecule has 0 radical (unpaired) electrons. The second kappa shape index (κ2) is 7.18. The maximum absolute atomic E-state index is 11.0.